The molecule has 4 nitrogen and oxygen atoms in total. The first-order chi connectivity index (χ1) is 4.33. The minimum absolute atomic E-state index is 0.416. The summed E-state index contributed by atoms with van der Waals surface area (Å²) in [5.41, 5.74) is 0.674. The van der Waals surface area contributed by atoms with Crippen molar-refractivity contribution in [2.24, 2.45) is 0 Å². The largest absolute Gasteiger partial charge is 0.378 e. The van der Waals surface area contributed by atoms with E-state index < -0.39 is 0 Å². The lowest BCUT2D eigenvalue weighted by molar-refractivity contribution is 0.181. The summed E-state index contributed by atoms with van der Waals surface area (Å²) < 4.78 is 11.6. The first kappa shape index (κ1) is 4.03. The third-order valence-electron chi connectivity index (χ3n) is 0.724. The number of aromatic nitrogens is 3. The Bertz CT molecular complexity index is 188. The summed E-state index contributed by atoms with van der Waals surface area (Å²) in [7, 11) is 1.57. The number of hydrogen-bond donors (Lipinski definition) is 1. The van der Waals surface area contributed by atoms with Crippen LogP contribution in [0.15, 0.2) is 6.20 Å². The van der Waals surface area contributed by atoms with Gasteiger partial charge < -0.3 is 4.74 Å². The molecule has 1 aromatic heterocycles. The molecule has 0 aliphatic rings. The van der Waals surface area contributed by atoms with Crippen molar-refractivity contribution in [3.8, 4) is 0 Å². The predicted molar refractivity (Wildman–Crippen MR) is 27.1 cm³/mol. The van der Waals surface area contributed by atoms with E-state index in [0.717, 1.165) is 5.09 Å². The predicted octanol–water partition coefficient (Wildman–Crippen LogP) is -0.0489. The number of aromatic amines is 1. The number of nitrogens with one attached hydrogen (secondary N) is 1. The van der Waals surface area contributed by atoms with Crippen molar-refractivity contribution in [1.29, 1.82) is 0 Å². The van der Waals surface area contributed by atoms with Gasteiger partial charge in [-0.2, -0.15) is 0 Å². The van der Waals surface area contributed by atoms with Gasteiger partial charge in [-0.05, 0) is 0 Å². The highest BCUT2D eigenvalue weighted by Gasteiger charge is 1.89. The Morgan fingerprint density at radius 2 is 3.00 bits per heavy atom. The number of nitrogens with zero attached hydrogens (tertiary/aromatic N) is 2. The zero-order valence-corrected chi connectivity index (χ0v) is 4.53. The summed E-state index contributed by atoms with van der Waals surface area (Å²) in [4.78, 5) is 0. The van der Waals surface area contributed by atoms with Crippen LogP contribution in [-0.2, 0) is 11.3 Å². The Kier molecular flexibility index (Phi) is 1.22. The summed E-state index contributed by atoms with van der Waals surface area (Å²) in [6.07, 6.45) is 1.49. The van der Waals surface area contributed by atoms with Gasteiger partial charge in [0.1, 0.15) is 5.69 Å². The smallest absolute Gasteiger partial charge is 0.191 e. The number of hydrogen-bond acceptors (Lipinski definition) is 3. The molecule has 1 heterocycles. The van der Waals surface area contributed by atoms with E-state index in [1.165, 1.54) is 6.20 Å². The molecule has 0 bridgehead atoms. The highest BCUT2D eigenvalue weighted by atomic mass is 16.5. The van der Waals surface area contributed by atoms with Crippen LogP contribution < -0.4 is 0 Å². The molecule has 0 aliphatic carbocycles. The lowest BCUT2D eigenvalue weighted by Gasteiger charge is -1.86. The van der Waals surface area contributed by atoms with Gasteiger partial charge in [-0.15, -0.1) is 5.10 Å². The highest BCUT2D eigenvalue weighted by molar-refractivity contribution is 4.86. The quantitative estimate of drug-likeness (QED) is 0.586. The van der Waals surface area contributed by atoms with E-state index in [2.05, 4.69) is 10.3 Å². The molecule has 44 valence electrons. The van der Waals surface area contributed by atoms with Crippen molar-refractivity contribution in [2.75, 3.05) is 7.11 Å². The topological polar surface area (TPSA) is 50.8 Å². The molecule has 0 saturated carbocycles. The van der Waals surface area contributed by atoms with Gasteiger partial charge in [-0.3, -0.25) is 5.09 Å². The standard InChI is InChI=1S/C4H7N3O/c1-8-3-4-2-5-7-6-4/h2H,3H2,1H3,(H,5,6,7)/i/hD. The maximum atomic E-state index is 6.88. The lowest BCUT2D eigenvalue weighted by Crippen LogP contribution is -1.85. The Balaban J connectivity index is 2.61. The van der Waals surface area contributed by atoms with Crippen LogP contribution in [-0.4, -0.2) is 22.5 Å². The fraction of sp³-hybridized carbons (Fsp3) is 0.500. The zero-order valence-electron chi connectivity index (χ0n) is 5.53. The van der Waals surface area contributed by atoms with Gasteiger partial charge in [0.15, 0.2) is 1.41 Å². The monoisotopic (exact) mass is 114 g/mol. The van der Waals surface area contributed by atoms with E-state index in [-0.39, 0.29) is 0 Å². The molecule has 1 rings (SSSR count). The van der Waals surface area contributed by atoms with Crippen LogP contribution >= 0.6 is 0 Å². The minimum atomic E-state index is 0.416. The van der Waals surface area contributed by atoms with Crippen molar-refractivity contribution < 1.29 is 6.15 Å². The van der Waals surface area contributed by atoms with Crippen LogP contribution in [0.1, 0.15) is 5.69 Å². The molecule has 0 aromatic carbocycles. The molecule has 0 radical (unpaired) electrons. The van der Waals surface area contributed by atoms with Crippen molar-refractivity contribution in [1.82, 2.24) is 15.4 Å². The normalized spacial score (nSPS) is 11.4. The number of H-pyrrole nitrogens is 1. The third-order valence-corrected chi connectivity index (χ3v) is 0.724. The molecular formula is C4H7N3O. The molecule has 8 heavy (non-hydrogen) atoms. The van der Waals surface area contributed by atoms with Gasteiger partial charge in [0, 0.05) is 13.3 Å². The maximum absolute atomic E-state index is 6.88. The van der Waals surface area contributed by atoms with Crippen LogP contribution in [0.4, 0.5) is 0 Å². The first-order valence-electron chi connectivity index (χ1n) is 2.67. The van der Waals surface area contributed by atoms with Gasteiger partial charge >= 0.3 is 0 Å². The fourth-order valence-electron chi connectivity index (χ4n) is 0.416. The van der Waals surface area contributed by atoms with Gasteiger partial charge in [-0.25, -0.2) is 0 Å². The van der Waals surface area contributed by atoms with E-state index in [9.17, 15) is 0 Å². The number of methoxy groups -OCH3 is 1. The van der Waals surface area contributed by atoms with Crippen molar-refractivity contribution >= 4 is 0 Å². The van der Waals surface area contributed by atoms with Crippen LogP contribution in [0.25, 0.3) is 0 Å². The second-order valence-corrected chi connectivity index (χ2v) is 1.36. The average molecular weight is 114 g/mol. The first-order valence-corrected chi connectivity index (χ1v) is 2.22. The minimum Gasteiger partial charge on any atom is -0.378 e. The van der Waals surface area contributed by atoms with Crippen LogP contribution in [0.3, 0.4) is 0 Å². The number of ether oxygens (including phenoxy) is 1. The summed E-state index contributed by atoms with van der Waals surface area (Å²) in [5.74, 6) is 0. The van der Waals surface area contributed by atoms with Crippen LogP contribution in [0, 0.1) is 0 Å². The molecule has 1 N–H and O–H groups in total. The lowest BCUT2D eigenvalue weighted by atomic mass is 10.5. The molecule has 0 unspecified atom stereocenters. The van der Waals surface area contributed by atoms with E-state index in [0.29, 0.717) is 12.3 Å². The maximum Gasteiger partial charge on any atom is 0.191 e. The SMILES string of the molecule is [2H]n1cc(COC)nn1. The van der Waals surface area contributed by atoms with E-state index in [4.69, 9.17) is 6.15 Å². The fourth-order valence-corrected chi connectivity index (χ4v) is 0.416. The second-order valence-electron chi connectivity index (χ2n) is 1.36. The van der Waals surface area contributed by atoms with E-state index >= 15 is 0 Å². The van der Waals surface area contributed by atoms with Gasteiger partial charge in [0.2, 0.25) is 0 Å². The van der Waals surface area contributed by atoms with Crippen molar-refractivity contribution in [3.05, 3.63) is 11.9 Å². The molecule has 0 saturated heterocycles. The summed E-state index contributed by atoms with van der Waals surface area (Å²) in [6, 6.07) is 0. The molecule has 0 amide bonds. The Morgan fingerprint density at radius 3 is 3.50 bits per heavy atom. The molecule has 0 atom stereocenters. The Labute approximate surface area is 48.3 Å². The summed E-state index contributed by atoms with van der Waals surface area (Å²) in [5, 5.41) is 7.89. The highest BCUT2D eigenvalue weighted by Crippen LogP contribution is 1.88. The zero-order chi connectivity index (χ0) is 6.69. The van der Waals surface area contributed by atoms with E-state index in [1.807, 2.05) is 0 Å². The summed E-state index contributed by atoms with van der Waals surface area (Å²) in [6.45, 7) is 0.416. The summed E-state index contributed by atoms with van der Waals surface area (Å²) >= 11 is 0. The average Bonchev–Trinajstić information content (AvgIpc) is 2.17. The van der Waals surface area contributed by atoms with Gasteiger partial charge in [-0.1, -0.05) is 5.21 Å². The molecule has 0 fully saturated rings. The Hall–Kier alpha value is -0.900. The molecular weight excluding hydrogens is 106 g/mol. The van der Waals surface area contributed by atoms with Gasteiger partial charge in [0.05, 0.1) is 6.61 Å². The molecule has 1 aromatic rings. The van der Waals surface area contributed by atoms with E-state index in [1.54, 1.807) is 7.11 Å². The Morgan fingerprint density at radius 1 is 2.12 bits per heavy atom. The third kappa shape index (κ3) is 1.04. The van der Waals surface area contributed by atoms with Crippen LogP contribution in [0.2, 0.25) is 1.41 Å². The molecule has 4 heteroatoms. The molecule has 0 aliphatic heterocycles. The van der Waals surface area contributed by atoms with Crippen molar-refractivity contribution in [3.63, 3.8) is 0 Å². The number of rotatable bonds is 2. The second kappa shape index (κ2) is 2.42. The van der Waals surface area contributed by atoms with Crippen LogP contribution in [0.5, 0.6) is 0 Å². The van der Waals surface area contributed by atoms with Crippen molar-refractivity contribution in [2.45, 2.75) is 6.61 Å². The molecule has 0 spiro atoms. The van der Waals surface area contributed by atoms with Gasteiger partial charge in [0.25, 0.3) is 0 Å².